The number of nitrogens with zero attached hydrogens (tertiary/aromatic N) is 3. The fourth-order valence-electron chi connectivity index (χ4n) is 8.17. The number of hydrogen-bond donors (Lipinski definition) is 2. The molecule has 3 aromatic carbocycles. The van der Waals surface area contributed by atoms with Gasteiger partial charge in [0, 0.05) is 70.5 Å². The van der Waals surface area contributed by atoms with E-state index in [0.29, 0.717) is 17.1 Å². The zero-order valence-electron chi connectivity index (χ0n) is 25.0. The molecule has 0 unspecified atom stereocenters. The predicted octanol–water partition coefficient (Wildman–Crippen LogP) is 2.80. The Morgan fingerprint density at radius 3 is 2.35 bits per heavy atom. The van der Waals surface area contributed by atoms with Gasteiger partial charge in [0.2, 0.25) is 20.1 Å². The number of aryl methyl sites for hydroxylation is 2. The molecule has 0 fully saturated rings. The maximum Gasteiger partial charge on any atom is 0.295 e. The van der Waals surface area contributed by atoms with Crippen molar-refractivity contribution < 1.29 is 26.1 Å². The Balaban J connectivity index is 1.52. The first-order valence-electron chi connectivity index (χ1n) is 15.6. The summed E-state index contributed by atoms with van der Waals surface area (Å²) in [5, 5.41) is 18.5. The Kier molecular flexibility index (Phi) is 6.57. The molecule has 0 atom stereocenters. The predicted molar refractivity (Wildman–Crippen MR) is 171 cm³/mol. The zero-order valence-corrected chi connectivity index (χ0v) is 26.7. The van der Waals surface area contributed by atoms with E-state index < -0.39 is 34.7 Å². The summed E-state index contributed by atoms with van der Waals surface area (Å²) in [7, 11) is -9.53. The van der Waals surface area contributed by atoms with Crippen LogP contribution in [0.3, 0.4) is 0 Å². The molecule has 10 nitrogen and oxygen atoms in total. The molecule has 0 radical (unpaired) electrons. The highest BCUT2D eigenvalue weighted by Crippen LogP contribution is 2.49. The minimum atomic E-state index is -4.97. The molecule has 0 aromatic heterocycles. The first-order valence-corrected chi connectivity index (χ1v) is 18.5. The highest BCUT2D eigenvalue weighted by molar-refractivity contribution is 7.96. The largest absolute Gasteiger partial charge is 0.455 e. The van der Waals surface area contributed by atoms with E-state index in [9.17, 15) is 26.7 Å². The van der Waals surface area contributed by atoms with Gasteiger partial charge in [-0.25, -0.2) is 13.0 Å². The van der Waals surface area contributed by atoms with Gasteiger partial charge in [-0.05, 0) is 68.4 Å². The number of sulfone groups is 1. The van der Waals surface area contributed by atoms with Gasteiger partial charge < -0.3 is 9.64 Å². The number of hydrogen-bond acceptors (Lipinski definition) is 8. The van der Waals surface area contributed by atoms with Gasteiger partial charge >= 0.3 is 0 Å². The summed E-state index contributed by atoms with van der Waals surface area (Å²) in [5.41, 5.74) is 7.16. The van der Waals surface area contributed by atoms with Crippen molar-refractivity contribution in [2.75, 3.05) is 31.1 Å². The van der Waals surface area contributed by atoms with Crippen molar-refractivity contribution >= 4 is 37.1 Å². The van der Waals surface area contributed by atoms with E-state index >= 15 is 0 Å². The van der Waals surface area contributed by atoms with E-state index in [0.717, 1.165) is 117 Å². The molecule has 0 spiro atoms. The van der Waals surface area contributed by atoms with E-state index in [-0.39, 0.29) is 5.56 Å². The lowest BCUT2D eigenvalue weighted by molar-refractivity contribution is 0.431. The number of allylic oxidation sites excluding steroid dienone is 1. The van der Waals surface area contributed by atoms with Gasteiger partial charge in [-0.2, -0.15) is 13.7 Å². The first-order chi connectivity index (χ1) is 22.1. The lowest BCUT2D eigenvalue weighted by atomic mass is 9.82. The van der Waals surface area contributed by atoms with Crippen molar-refractivity contribution in [1.82, 2.24) is 4.58 Å². The van der Waals surface area contributed by atoms with E-state index in [1.54, 1.807) is 5.87 Å². The van der Waals surface area contributed by atoms with Crippen LogP contribution in [0.15, 0.2) is 45.0 Å². The molecule has 46 heavy (non-hydrogen) atoms. The van der Waals surface area contributed by atoms with Gasteiger partial charge in [0.25, 0.3) is 10.1 Å². The minimum absolute atomic E-state index is 0.149. The number of fused-ring (bicyclic) bond motifs is 4. The fourth-order valence-corrected chi connectivity index (χ4v) is 9.98. The molecule has 234 valence electrons. The third kappa shape index (κ3) is 4.23. The van der Waals surface area contributed by atoms with E-state index in [2.05, 4.69) is 21.6 Å². The average Bonchev–Trinajstić information content (AvgIpc) is 3.04. The summed E-state index contributed by atoms with van der Waals surface area (Å²) in [6.45, 7) is 3.88. The van der Waals surface area contributed by atoms with Crippen LogP contribution in [-0.4, -0.2) is 53.4 Å². The second-order valence-electron chi connectivity index (χ2n) is 12.5. The molecular weight excluding hydrogens is 625 g/mol. The molecule has 3 aromatic rings. The number of ether oxygens (including phenoxy) is 1. The average molecular weight is 656 g/mol. The van der Waals surface area contributed by atoms with Crippen molar-refractivity contribution in [2.24, 2.45) is 0 Å². The van der Waals surface area contributed by atoms with E-state index in [1.165, 1.54) is 29.2 Å². The molecule has 0 bridgehead atoms. The van der Waals surface area contributed by atoms with Crippen molar-refractivity contribution in [3.63, 3.8) is 0 Å². The van der Waals surface area contributed by atoms with Gasteiger partial charge in [-0.3, -0.25) is 9.96 Å². The Morgan fingerprint density at radius 1 is 0.891 bits per heavy atom. The standard InChI is InChI=1S/C34H30N4O6S2/c35-18-23(19-36)45(39,40)22-9-10-24(29(17-22)46(41,42)43)30-27-15-20-5-1-11-37-13-3-7-25(31(20)37)33(27)44-34-26-8-4-14-38-12-2-6-21(32(26)38)16-28(30)34/h9-10,15-17,35H,1-8,11-14H2/p+1. The fraction of sp³-hybridized carbons (Fsp3) is 0.353. The Hall–Kier alpha value is -4.27. The second kappa shape index (κ2) is 10.4. The Bertz CT molecular complexity index is 2360. The van der Waals surface area contributed by atoms with Crippen LogP contribution in [0.1, 0.15) is 59.1 Å². The lowest BCUT2D eigenvalue weighted by Crippen LogP contribution is -2.45. The van der Waals surface area contributed by atoms with Crippen LogP contribution in [0.2, 0.25) is 0 Å². The molecule has 12 heteroatoms. The SMILES string of the molecule is N#CC(=C=N)S(=O)(=O)c1ccc(C2=c3cc4c5c(c3Oc3c2cc2c6c3CCCN6CCC2)CCC[N+]=5CCC4)c(S(=O)(=O)O)c1. The molecule has 8 rings (SSSR count). The van der Waals surface area contributed by atoms with Crippen molar-refractivity contribution in [1.29, 1.82) is 10.7 Å². The first kappa shape index (κ1) is 29.2. The number of anilines is 1. The topological polar surface area (TPSA) is 152 Å². The van der Waals surface area contributed by atoms with Crippen LogP contribution in [-0.2, 0) is 45.6 Å². The van der Waals surface area contributed by atoms with Crippen molar-refractivity contribution in [3.05, 3.63) is 79.2 Å². The smallest absolute Gasteiger partial charge is 0.295 e. The number of benzene rings is 3. The lowest BCUT2D eigenvalue weighted by Gasteiger charge is -2.39. The summed E-state index contributed by atoms with van der Waals surface area (Å²) in [5.74, 6) is 3.01. The second-order valence-corrected chi connectivity index (χ2v) is 15.8. The third-order valence-electron chi connectivity index (χ3n) is 9.98. The molecule has 5 aliphatic heterocycles. The molecule has 0 aliphatic carbocycles. The van der Waals surface area contributed by atoms with Crippen LogP contribution in [0.5, 0.6) is 11.5 Å². The van der Waals surface area contributed by atoms with Crippen LogP contribution in [0, 0.1) is 16.7 Å². The molecule has 5 heterocycles. The van der Waals surface area contributed by atoms with E-state index in [4.69, 9.17) is 10.1 Å². The van der Waals surface area contributed by atoms with Gasteiger partial charge in [0.1, 0.15) is 35.6 Å². The maximum absolute atomic E-state index is 13.2. The van der Waals surface area contributed by atoms with Crippen LogP contribution < -0.4 is 24.8 Å². The highest BCUT2D eigenvalue weighted by atomic mass is 32.2. The van der Waals surface area contributed by atoms with Gasteiger partial charge in [0.15, 0.2) is 0 Å². The monoisotopic (exact) mass is 655 g/mol. The minimum Gasteiger partial charge on any atom is -0.455 e. The van der Waals surface area contributed by atoms with Gasteiger partial charge in [-0.15, -0.1) is 0 Å². The zero-order chi connectivity index (χ0) is 32.0. The van der Waals surface area contributed by atoms with E-state index in [1.807, 2.05) is 0 Å². The molecule has 0 amide bonds. The highest BCUT2D eigenvalue weighted by Gasteiger charge is 2.37. The number of rotatable bonds is 4. The quantitative estimate of drug-likeness (QED) is 0.147. The Labute approximate surface area is 266 Å². The molecule has 0 saturated heterocycles. The van der Waals surface area contributed by atoms with Gasteiger partial charge in [0.05, 0.1) is 10.5 Å². The molecule has 0 saturated carbocycles. The number of nitrogens with one attached hydrogen (secondary N) is 1. The summed E-state index contributed by atoms with van der Waals surface area (Å²) < 4.78 is 72.5. The van der Waals surface area contributed by atoms with Crippen LogP contribution in [0.25, 0.3) is 5.57 Å². The normalized spacial score (nSPS) is 17.9. The van der Waals surface area contributed by atoms with Crippen molar-refractivity contribution in [2.45, 2.75) is 61.2 Å². The summed E-state index contributed by atoms with van der Waals surface area (Å²) in [6.07, 6.45) is 7.27. The van der Waals surface area contributed by atoms with Crippen LogP contribution >= 0.6 is 0 Å². The maximum atomic E-state index is 13.2. The number of nitriles is 1. The summed E-state index contributed by atoms with van der Waals surface area (Å²) >= 11 is 0. The molecular formula is C34H31N4O6S2+. The van der Waals surface area contributed by atoms with Crippen LogP contribution in [0.4, 0.5) is 5.69 Å². The third-order valence-corrected chi connectivity index (χ3v) is 12.5. The summed E-state index contributed by atoms with van der Waals surface area (Å²) in [4.78, 5) is 0.343. The molecule has 2 N–H and O–H groups in total. The Morgan fingerprint density at radius 2 is 1.61 bits per heavy atom. The van der Waals surface area contributed by atoms with Crippen molar-refractivity contribution in [3.8, 4) is 17.6 Å². The van der Waals surface area contributed by atoms with Gasteiger partial charge in [-0.1, -0.05) is 6.07 Å². The molecule has 5 aliphatic rings. The summed E-state index contributed by atoms with van der Waals surface area (Å²) in [6, 6.07) is 9.11.